The third-order valence-corrected chi connectivity index (χ3v) is 6.94. The lowest BCUT2D eigenvalue weighted by Crippen LogP contribution is -2.60. The Morgan fingerprint density at radius 3 is 2.55 bits per heavy atom. The summed E-state index contributed by atoms with van der Waals surface area (Å²) in [5.41, 5.74) is 4.83. The van der Waals surface area contributed by atoms with Crippen LogP contribution in [0.25, 0.3) is 16.8 Å². The molecular weight excluding hydrogens is 479 g/mol. The molecule has 5 rings (SSSR count). The zero-order valence-electron chi connectivity index (χ0n) is 23.4. The van der Waals surface area contributed by atoms with Gasteiger partial charge in [-0.2, -0.15) is 5.26 Å². The number of hydrogen-bond acceptors (Lipinski definition) is 7. The van der Waals surface area contributed by atoms with Gasteiger partial charge in [-0.05, 0) is 70.6 Å². The highest BCUT2D eigenvalue weighted by Gasteiger charge is 2.46. The number of anilines is 1. The van der Waals surface area contributed by atoms with Gasteiger partial charge in [-0.15, -0.1) is 5.10 Å². The molecule has 8 nitrogen and oxygen atoms in total. The van der Waals surface area contributed by atoms with Gasteiger partial charge in [-0.3, -0.25) is 14.9 Å². The van der Waals surface area contributed by atoms with E-state index in [1.54, 1.807) is 10.7 Å². The van der Waals surface area contributed by atoms with E-state index in [2.05, 4.69) is 47.2 Å². The van der Waals surface area contributed by atoms with E-state index in [0.29, 0.717) is 18.9 Å². The van der Waals surface area contributed by atoms with Crippen molar-refractivity contribution in [3.63, 3.8) is 0 Å². The number of alkyl halides is 1. The summed E-state index contributed by atoms with van der Waals surface area (Å²) in [5, 5.41) is 17.3. The number of nitriles is 1. The van der Waals surface area contributed by atoms with Gasteiger partial charge in [0, 0.05) is 30.6 Å². The lowest BCUT2D eigenvalue weighted by atomic mass is 9.75. The Labute approximate surface area is 225 Å². The standard InChI is InChI=1S/C25H29FN8.C4H10/c1-16(2)29-20-5-6-21(30-17(20)3)18-7-12-34-23(18)13-28-24(32-34)31-22-8-11-33(14-19(22)26)25(15-27)9-4-10-25;1-4(2)3/h5-7,12-13,19,22H,4,8-11,14H2,1-3H3,(H,31,32);4H,1-3H3. The number of rotatable bonds is 5. The second-order valence-corrected chi connectivity index (χ2v) is 11.2. The van der Waals surface area contributed by atoms with E-state index in [4.69, 9.17) is 4.98 Å². The van der Waals surface area contributed by atoms with Gasteiger partial charge in [-0.1, -0.05) is 20.8 Å². The van der Waals surface area contributed by atoms with E-state index in [9.17, 15) is 5.26 Å². The molecule has 3 aromatic heterocycles. The minimum atomic E-state index is -1.08. The second-order valence-electron chi connectivity index (χ2n) is 11.2. The Hall–Kier alpha value is -3.38. The highest BCUT2D eigenvalue weighted by atomic mass is 19.1. The molecule has 38 heavy (non-hydrogen) atoms. The zero-order valence-corrected chi connectivity index (χ0v) is 23.4. The lowest BCUT2D eigenvalue weighted by molar-refractivity contribution is 0.0128. The normalized spacial score (nSPS) is 20.7. The molecule has 1 N–H and O–H groups in total. The first-order valence-corrected chi connectivity index (χ1v) is 13.5. The first-order chi connectivity index (χ1) is 18.1. The molecule has 1 aliphatic carbocycles. The largest absolute Gasteiger partial charge is 0.347 e. The van der Waals surface area contributed by atoms with Crippen molar-refractivity contribution in [2.24, 2.45) is 10.9 Å². The summed E-state index contributed by atoms with van der Waals surface area (Å²) in [6.45, 7) is 13.3. The topological polar surface area (TPSA) is 94.5 Å². The van der Waals surface area contributed by atoms with E-state index in [1.807, 2.05) is 50.1 Å². The summed E-state index contributed by atoms with van der Waals surface area (Å²) in [6, 6.07) is 7.93. The quantitative estimate of drug-likeness (QED) is 0.408. The Balaban J connectivity index is 0.000000786. The van der Waals surface area contributed by atoms with Crippen molar-refractivity contribution in [3.05, 3.63) is 36.3 Å². The molecular formula is C29H39FN8. The number of aliphatic imine (C=N–C) groups is 1. The maximum atomic E-state index is 15.0. The van der Waals surface area contributed by atoms with Crippen LogP contribution in [0, 0.1) is 24.2 Å². The molecule has 0 radical (unpaired) electrons. The molecule has 9 heteroatoms. The molecule has 0 spiro atoms. The van der Waals surface area contributed by atoms with Crippen molar-refractivity contribution < 1.29 is 4.39 Å². The number of piperidine rings is 1. The molecule has 3 aromatic rings. The van der Waals surface area contributed by atoms with Gasteiger partial charge in [0.15, 0.2) is 0 Å². The third kappa shape index (κ3) is 6.02. The van der Waals surface area contributed by atoms with Crippen LogP contribution < -0.4 is 5.32 Å². The average molecular weight is 519 g/mol. The van der Waals surface area contributed by atoms with Crippen LogP contribution in [0.5, 0.6) is 0 Å². The summed E-state index contributed by atoms with van der Waals surface area (Å²) < 4.78 is 16.7. The molecule has 0 amide bonds. The van der Waals surface area contributed by atoms with Gasteiger partial charge in [-0.25, -0.2) is 13.9 Å². The number of nitrogens with zero attached hydrogens (tertiary/aromatic N) is 7. The number of nitrogens with one attached hydrogen (secondary N) is 1. The fraction of sp³-hybridized carbons (Fsp3) is 0.552. The Morgan fingerprint density at radius 1 is 1.24 bits per heavy atom. The second kappa shape index (κ2) is 11.6. The number of likely N-dealkylation sites (tertiary alicyclic amines) is 1. The Morgan fingerprint density at radius 2 is 1.97 bits per heavy atom. The fourth-order valence-corrected chi connectivity index (χ4v) is 4.88. The van der Waals surface area contributed by atoms with Crippen molar-refractivity contribution in [2.75, 3.05) is 18.4 Å². The van der Waals surface area contributed by atoms with Crippen LogP contribution in [-0.4, -0.2) is 61.0 Å². The smallest absolute Gasteiger partial charge is 0.241 e. The van der Waals surface area contributed by atoms with Gasteiger partial charge in [0.2, 0.25) is 5.95 Å². The van der Waals surface area contributed by atoms with Crippen molar-refractivity contribution in [1.29, 1.82) is 5.26 Å². The predicted octanol–water partition coefficient (Wildman–Crippen LogP) is 6.14. The molecule has 0 bridgehead atoms. The molecule has 0 aromatic carbocycles. The number of aryl methyl sites for hydroxylation is 1. The van der Waals surface area contributed by atoms with E-state index >= 15 is 4.39 Å². The minimum Gasteiger partial charge on any atom is -0.347 e. The zero-order chi connectivity index (χ0) is 27.4. The van der Waals surface area contributed by atoms with Crippen molar-refractivity contribution in [1.82, 2.24) is 24.5 Å². The van der Waals surface area contributed by atoms with Crippen LogP contribution in [0.15, 0.2) is 35.6 Å². The first kappa shape index (κ1) is 27.6. The SMILES string of the molecule is CC(C)=Nc1ccc(-c2ccn3nc(NC4CCN(C5(C#N)CCC5)CC4F)ncc23)nc1C.CC(C)C. The van der Waals surface area contributed by atoms with Gasteiger partial charge in [0.05, 0.1) is 40.9 Å². The van der Waals surface area contributed by atoms with Crippen LogP contribution in [0.3, 0.4) is 0 Å². The fourth-order valence-electron chi connectivity index (χ4n) is 4.88. The number of aromatic nitrogens is 4. The molecule has 2 atom stereocenters. The maximum Gasteiger partial charge on any atom is 0.241 e. The molecule has 1 aliphatic heterocycles. The molecule has 2 fully saturated rings. The summed E-state index contributed by atoms with van der Waals surface area (Å²) in [6.07, 6.45) is 5.85. The summed E-state index contributed by atoms with van der Waals surface area (Å²) in [5.74, 6) is 1.22. The average Bonchev–Trinajstić information content (AvgIpc) is 3.24. The van der Waals surface area contributed by atoms with Gasteiger partial charge >= 0.3 is 0 Å². The van der Waals surface area contributed by atoms with Crippen LogP contribution in [0.4, 0.5) is 16.0 Å². The van der Waals surface area contributed by atoms with Gasteiger partial charge in [0.1, 0.15) is 11.7 Å². The summed E-state index contributed by atoms with van der Waals surface area (Å²) >= 11 is 0. The molecule has 2 aliphatic rings. The highest BCUT2D eigenvalue weighted by molar-refractivity contribution is 5.83. The van der Waals surface area contributed by atoms with Crippen LogP contribution in [0.1, 0.15) is 66.0 Å². The van der Waals surface area contributed by atoms with Crippen LogP contribution in [-0.2, 0) is 0 Å². The van der Waals surface area contributed by atoms with Crippen LogP contribution >= 0.6 is 0 Å². The van der Waals surface area contributed by atoms with E-state index in [-0.39, 0.29) is 12.6 Å². The Bertz CT molecular complexity index is 1330. The summed E-state index contributed by atoms with van der Waals surface area (Å²) in [4.78, 5) is 15.7. The van der Waals surface area contributed by atoms with Crippen molar-refractivity contribution in [2.45, 2.75) is 85.0 Å². The van der Waals surface area contributed by atoms with Crippen molar-refractivity contribution in [3.8, 4) is 17.3 Å². The van der Waals surface area contributed by atoms with E-state index in [0.717, 1.165) is 59.0 Å². The summed E-state index contributed by atoms with van der Waals surface area (Å²) in [7, 11) is 0. The third-order valence-electron chi connectivity index (χ3n) is 6.94. The molecule has 202 valence electrons. The number of halogens is 1. The molecule has 2 unspecified atom stereocenters. The monoisotopic (exact) mass is 518 g/mol. The highest BCUT2D eigenvalue weighted by Crippen LogP contribution is 2.39. The number of hydrogen-bond donors (Lipinski definition) is 1. The number of pyridine rings is 1. The molecule has 1 saturated heterocycles. The molecule has 4 heterocycles. The minimum absolute atomic E-state index is 0.268. The van der Waals surface area contributed by atoms with Gasteiger partial charge in [0.25, 0.3) is 0 Å². The molecule has 1 saturated carbocycles. The maximum absolute atomic E-state index is 15.0. The van der Waals surface area contributed by atoms with Gasteiger partial charge < -0.3 is 5.32 Å². The van der Waals surface area contributed by atoms with E-state index < -0.39 is 11.7 Å². The first-order valence-electron chi connectivity index (χ1n) is 13.5. The lowest BCUT2D eigenvalue weighted by Gasteiger charge is -2.48. The van der Waals surface area contributed by atoms with Crippen molar-refractivity contribution >= 4 is 22.9 Å². The van der Waals surface area contributed by atoms with Crippen LogP contribution in [0.2, 0.25) is 0 Å². The number of fused-ring (bicyclic) bond motifs is 1. The Kier molecular flexibility index (Phi) is 8.41. The predicted molar refractivity (Wildman–Crippen MR) is 151 cm³/mol. The van der Waals surface area contributed by atoms with E-state index in [1.165, 1.54) is 0 Å².